The Morgan fingerprint density at radius 3 is 2.83 bits per heavy atom. The van der Waals surface area contributed by atoms with Crippen molar-refractivity contribution in [2.75, 3.05) is 0 Å². The van der Waals surface area contributed by atoms with Gasteiger partial charge in [0.05, 0.1) is 17.8 Å². The summed E-state index contributed by atoms with van der Waals surface area (Å²) in [6.07, 6.45) is 3.78. The molecule has 0 aromatic carbocycles. The molecule has 1 aliphatic carbocycles. The molecule has 2 aromatic rings. The number of H-pyrrole nitrogens is 1. The third-order valence-corrected chi connectivity index (χ3v) is 4.20. The molecule has 18 heavy (non-hydrogen) atoms. The number of hydrogen-bond donors (Lipinski definition) is 2. The van der Waals surface area contributed by atoms with Crippen molar-refractivity contribution >= 4 is 23.4 Å². The van der Waals surface area contributed by atoms with Crippen molar-refractivity contribution in [3.63, 3.8) is 0 Å². The molecule has 2 aromatic heterocycles. The van der Waals surface area contributed by atoms with Crippen LogP contribution in [0.4, 0.5) is 0 Å². The van der Waals surface area contributed by atoms with Gasteiger partial charge in [-0.15, -0.1) is 0 Å². The van der Waals surface area contributed by atoms with Gasteiger partial charge in [-0.1, -0.05) is 12.8 Å². The first-order valence-corrected chi connectivity index (χ1v) is 6.82. The summed E-state index contributed by atoms with van der Waals surface area (Å²) in [4.78, 5) is 3.22. The fraction of sp³-hybridized carbons (Fsp3) is 0.667. The van der Waals surface area contributed by atoms with Gasteiger partial charge in [-0.2, -0.15) is 5.10 Å². The number of fused-ring (bicyclic) bond motifs is 1. The molecule has 2 unspecified atom stereocenters. The minimum absolute atomic E-state index is 0.0785. The van der Waals surface area contributed by atoms with Crippen LogP contribution >= 0.6 is 12.2 Å². The predicted molar refractivity (Wildman–Crippen MR) is 72.1 cm³/mol. The summed E-state index contributed by atoms with van der Waals surface area (Å²) in [5.41, 5.74) is 2.92. The van der Waals surface area contributed by atoms with E-state index in [9.17, 15) is 5.11 Å². The second-order valence-corrected chi connectivity index (χ2v) is 5.51. The Labute approximate surface area is 110 Å². The molecule has 2 heterocycles. The lowest BCUT2D eigenvalue weighted by atomic mass is 9.92. The van der Waals surface area contributed by atoms with Crippen LogP contribution in [0.15, 0.2) is 0 Å². The second-order valence-electron chi connectivity index (χ2n) is 5.13. The van der Waals surface area contributed by atoms with Crippen LogP contribution in [0.3, 0.4) is 0 Å². The van der Waals surface area contributed by atoms with Crippen molar-refractivity contribution in [2.24, 2.45) is 7.05 Å². The summed E-state index contributed by atoms with van der Waals surface area (Å²) in [6, 6.07) is 0.0785. The molecule has 2 atom stereocenters. The molecular formula is C12H18N4OS. The molecule has 0 saturated heterocycles. The van der Waals surface area contributed by atoms with Crippen LogP contribution in [0.25, 0.3) is 11.2 Å². The van der Waals surface area contributed by atoms with Gasteiger partial charge >= 0.3 is 0 Å². The van der Waals surface area contributed by atoms with E-state index in [1.165, 1.54) is 0 Å². The number of nitrogens with one attached hydrogen (secondary N) is 1. The molecule has 1 saturated carbocycles. The summed E-state index contributed by atoms with van der Waals surface area (Å²) >= 11 is 5.41. The summed E-state index contributed by atoms with van der Waals surface area (Å²) in [5.74, 6) is 0. The minimum Gasteiger partial charge on any atom is -0.391 e. The normalized spacial score (nSPS) is 24.8. The first kappa shape index (κ1) is 11.9. The molecule has 0 radical (unpaired) electrons. The van der Waals surface area contributed by atoms with Gasteiger partial charge in [0.2, 0.25) is 0 Å². The number of rotatable bonds is 1. The molecule has 0 bridgehead atoms. The van der Waals surface area contributed by atoms with Gasteiger partial charge in [0.25, 0.3) is 0 Å². The fourth-order valence-corrected chi connectivity index (χ4v) is 3.36. The van der Waals surface area contributed by atoms with E-state index >= 15 is 0 Å². The predicted octanol–water partition coefficient (Wildman–Crippen LogP) is 2.22. The average molecular weight is 266 g/mol. The zero-order valence-electron chi connectivity index (χ0n) is 10.7. The molecule has 98 valence electrons. The van der Waals surface area contributed by atoms with Crippen molar-refractivity contribution < 1.29 is 5.11 Å². The van der Waals surface area contributed by atoms with E-state index in [1.54, 1.807) is 0 Å². The second kappa shape index (κ2) is 4.20. The van der Waals surface area contributed by atoms with E-state index in [4.69, 9.17) is 12.2 Å². The highest BCUT2D eigenvalue weighted by atomic mass is 32.1. The van der Waals surface area contributed by atoms with Gasteiger partial charge in [-0.25, -0.2) is 0 Å². The number of nitrogens with zero attached hydrogens (tertiary/aromatic N) is 3. The lowest BCUT2D eigenvalue weighted by molar-refractivity contribution is 0.0762. The van der Waals surface area contributed by atoms with Gasteiger partial charge < -0.3 is 10.1 Å². The molecule has 0 spiro atoms. The molecule has 0 amide bonds. The first-order valence-electron chi connectivity index (χ1n) is 6.41. The third kappa shape index (κ3) is 1.63. The smallest absolute Gasteiger partial charge is 0.179 e. The van der Waals surface area contributed by atoms with Crippen LogP contribution in [0, 0.1) is 11.7 Å². The maximum Gasteiger partial charge on any atom is 0.179 e. The molecule has 5 nitrogen and oxygen atoms in total. The summed E-state index contributed by atoms with van der Waals surface area (Å²) in [6.45, 7) is 1.97. The van der Waals surface area contributed by atoms with Crippen molar-refractivity contribution in [2.45, 2.75) is 44.8 Å². The summed E-state index contributed by atoms with van der Waals surface area (Å²) in [5, 5.41) is 14.6. The Morgan fingerprint density at radius 1 is 1.39 bits per heavy atom. The van der Waals surface area contributed by atoms with E-state index in [0.29, 0.717) is 4.77 Å². The maximum atomic E-state index is 10.2. The van der Waals surface area contributed by atoms with Crippen molar-refractivity contribution in [3.05, 3.63) is 10.5 Å². The van der Waals surface area contributed by atoms with E-state index in [-0.39, 0.29) is 12.1 Å². The Hall–Kier alpha value is -1.14. The molecule has 1 aliphatic rings. The van der Waals surface area contributed by atoms with Gasteiger partial charge in [0.15, 0.2) is 10.4 Å². The fourth-order valence-electron chi connectivity index (χ4n) is 3.03. The number of aromatic nitrogens is 4. The Morgan fingerprint density at radius 2 is 2.11 bits per heavy atom. The highest BCUT2D eigenvalue weighted by Crippen LogP contribution is 2.32. The van der Waals surface area contributed by atoms with Gasteiger partial charge in [-0.05, 0) is 32.0 Å². The van der Waals surface area contributed by atoms with Crippen LogP contribution in [-0.4, -0.2) is 30.5 Å². The maximum absolute atomic E-state index is 10.2. The quantitative estimate of drug-likeness (QED) is 0.778. The molecule has 2 N–H and O–H groups in total. The molecule has 0 aliphatic heterocycles. The van der Waals surface area contributed by atoms with E-state index in [1.807, 2.05) is 18.7 Å². The number of aliphatic hydroxyl groups excluding tert-OH is 1. The molecule has 1 fully saturated rings. The third-order valence-electron chi connectivity index (χ3n) is 3.90. The zero-order valence-corrected chi connectivity index (χ0v) is 11.5. The Balaban J connectivity index is 2.21. The lowest BCUT2D eigenvalue weighted by Crippen LogP contribution is -2.28. The topological polar surface area (TPSA) is 58.8 Å². The summed E-state index contributed by atoms with van der Waals surface area (Å²) < 4.78 is 4.58. The average Bonchev–Trinajstić information content (AvgIpc) is 2.79. The molecular weight excluding hydrogens is 248 g/mol. The van der Waals surface area contributed by atoms with Crippen LogP contribution < -0.4 is 0 Å². The summed E-state index contributed by atoms with van der Waals surface area (Å²) in [7, 11) is 1.92. The number of aliphatic hydroxyl groups is 1. The van der Waals surface area contributed by atoms with E-state index in [2.05, 4.69) is 14.6 Å². The largest absolute Gasteiger partial charge is 0.391 e. The minimum atomic E-state index is -0.306. The number of hydrogen-bond acceptors (Lipinski definition) is 3. The first-order chi connectivity index (χ1) is 8.59. The van der Waals surface area contributed by atoms with E-state index in [0.717, 1.165) is 42.5 Å². The zero-order chi connectivity index (χ0) is 12.9. The van der Waals surface area contributed by atoms with Crippen LogP contribution in [0.1, 0.15) is 37.4 Å². The SMILES string of the molecule is Cc1nn(C)c2c1[nH]c(=S)n2C1CCCCC1O. The van der Waals surface area contributed by atoms with Gasteiger partial charge in [0.1, 0.15) is 5.52 Å². The van der Waals surface area contributed by atoms with Crippen molar-refractivity contribution in [1.82, 2.24) is 19.3 Å². The Bertz CT molecular complexity index is 638. The van der Waals surface area contributed by atoms with Crippen molar-refractivity contribution in [3.8, 4) is 0 Å². The lowest BCUT2D eigenvalue weighted by Gasteiger charge is -2.29. The van der Waals surface area contributed by atoms with Crippen LogP contribution in [0.2, 0.25) is 0 Å². The number of aromatic amines is 1. The highest BCUT2D eigenvalue weighted by Gasteiger charge is 2.28. The monoisotopic (exact) mass is 266 g/mol. The molecule has 3 rings (SSSR count). The van der Waals surface area contributed by atoms with Crippen LogP contribution in [0.5, 0.6) is 0 Å². The standard InChI is InChI=1S/C12H18N4OS/c1-7-10-11(15(2)14-7)16(12(18)13-10)8-5-3-4-6-9(8)17/h8-9,17H,3-6H2,1-2H3,(H,13,18). The van der Waals surface area contributed by atoms with E-state index < -0.39 is 0 Å². The van der Waals surface area contributed by atoms with Crippen molar-refractivity contribution in [1.29, 1.82) is 0 Å². The van der Waals surface area contributed by atoms with Crippen LogP contribution in [-0.2, 0) is 7.05 Å². The molecule has 6 heteroatoms. The van der Waals surface area contributed by atoms with Gasteiger partial charge in [-0.3, -0.25) is 9.25 Å². The highest BCUT2D eigenvalue weighted by molar-refractivity contribution is 7.71. The van der Waals surface area contributed by atoms with Gasteiger partial charge in [0, 0.05) is 7.05 Å². The number of aryl methyl sites for hydroxylation is 2. The Kier molecular flexibility index (Phi) is 2.79. The number of imidazole rings is 1.